The first-order valence-electron chi connectivity index (χ1n) is 34.1. The largest absolute Gasteiger partial charge is 0.805 e. The van der Waals surface area contributed by atoms with Crippen LogP contribution in [0.3, 0.4) is 0 Å². The molecule has 536 valence electrons. The van der Waals surface area contributed by atoms with Gasteiger partial charge < -0.3 is 59.1 Å². The van der Waals surface area contributed by atoms with Crippen LogP contribution in [0.2, 0.25) is 0 Å². The number of rotatable bonds is 40. The van der Waals surface area contributed by atoms with E-state index in [0.717, 1.165) is 73.6 Å². The van der Waals surface area contributed by atoms with Crippen molar-refractivity contribution < 1.29 is 88.7 Å². The van der Waals surface area contributed by atoms with Crippen molar-refractivity contribution in [2.75, 3.05) is 62.5 Å². The second-order valence-electron chi connectivity index (χ2n) is 24.0. The van der Waals surface area contributed by atoms with Gasteiger partial charge in [-0.25, -0.2) is 27.4 Å². The van der Waals surface area contributed by atoms with Crippen LogP contribution in [0.1, 0.15) is 173 Å². The van der Waals surface area contributed by atoms with Gasteiger partial charge in [0.25, 0.3) is 11.8 Å². The Balaban J connectivity index is 0.860. The number of hydrogen-bond acceptors (Lipinski definition) is 19. The van der Waals surface area contributed by atoms with E-state index in [1.54, 1.807) is 39.8 Å². The van der Waals surface area contributed by atoms with E-state index >= 15 is 8.78 Å². The van der Waals surface area contributed by atoms with E-state index in [2.05, 4.69) is 21.3 Å². The van der Waals surface area contributed by atoms with Crippen LogP contribution in [-0.4, -0.2) is 123 Å². The normalized spacial score (nSPS) is 13.8. The first kappa shape index (κ1) is 75.7. The number of amides is 6. The number of ether oxygens (including phenoxy) is 2. The third-order valence-electron chi connectivity index (χ3n) is 17.2. The number of hydrogen-bond donors (Lipinski definition) is 4. The van der Waals surface area contributed by atoms with Crippen molar-refractivity contribution in [1.82, 2.24) is 31.4 Å². The number of halogens is 2. The lowest BCUT2D eigenvalue weighted by atomic mass is 9.90. The number of hydroxylamine groups is 4. The molecule has 2 aliphatic heterocycles. The molecule has 0 aliphatic carbocycles. The Hall–Kier alpha value is -10.0. The summed E-state index contributed by atoms with van der Waals surface area (Å²) in [5.41, 5.74) is 1.25. The average molecular weight is 1410 g/mol. The highest BCUT2D eigenvalue weighted by Gasteiger charge is 2.37. The zero-order valence-corrected chi connectivity index (χ0v) is 58.1. The van der Waals surface area contributed by atoms with Crippen LogP contribution in [0.25, 0.3) is 22.6 Å². The zero-order valence-electron chi connectivity index (χ0n) is 57.2. The summed E-state index contributed by atoms with van der Waals surface area (Å²) in [6, 6.07) is 21.2. The topological polar surface area (TPSA) is 296 Å². The molecule has 4 heterocycles. The second kappa shape index (κ2) is 37.8. The predicted octanol–water partition coefficient (Wildman–Crippen LogP) is 12.6. The van der Waals surface area contributed by atoms with Gasteiger partial charge in [0, 0.05) is 54.0 Å². The maximum atomic E-state index is 15.2. The van der Waals surface area contributed by atoms with Gasteiger partial charge in [0.2, 0.25) is 24.6 Å². The molecule has 2 saturated heterocycles. The van der Waals surface area contributed by atoms with Crippen molar-refractivity contribution in [3.8, 4) is 45.6 Å². The summed E-state index contributed by atoms with van der Waals surface area (Å²) in [6.07, 6.45) is 9.85. The number of furan rings is 2. The highest BCUT2D eigenvalue weighted by Crippen LogP contribution is 2.40. The van der Waals surface area contributed by atoms with Gasteiger partial charge >= 0.3 is 20.2 Å². The van der Waals surface area contributed by atoms with Gasteiger partial charge in [-0.3, -0.25) is 28.8 Å². The van der Waals surface area contributed by atoms with Gasteiger partial charge in [0.05, 0.1) is 73.0 Å². The number of benzene rings is 4. The number of unbranched alkanes of at least 4 members (excludes halogenated alkanes) is 4. The zero-order chi connectivity index (χ0) is 71.7. The van der Waals surface area contributed by atoms with Crippen LogP contribution in [0, 0.1) is 23.5 Å². The first-order chi connectivity index (χ1) is 48.4. The van der Waals surface area contributed by atoms with Crippen molar-refractivity contribution in [1.29, 1.82) is 0 Å². The van der Waals surface area contributed by atoms with Crippen LogP contribution in [0.15, 0.2) is 106 Å². The summed E-state index contributed by atoms with van der Waals surface area (Å²) in [6.45, 7) is 13.6. The summed E-state index contributed by atoms with van der Waals surface area (Å²) < 4.78 is 79.2. The molecule has 4 atom stereocenters. The molecule has 2 fully saturated rings. The van der Waals surface area contributed by atoms with Crippen LogP contribution in [0.5, 0.6) is 23.0 Å². The number of carbonyl (C=O) groups is 8. The molecule has 0 saturated carbocycles. The van der Waals surface area contributed by atoms with Gasteiger partial charge in [-0.15, -0.1) is 0 Å². The fraction of sp³-hybridized carbons (Fsp3) is 0.444. The maximum Gasteiger partial charge on any atom is 0.805 e. The van der Waals surface area contributed by atoms with Crippen LogP contribution < -0.4 is 49.6 Å². The molecule has 4 N–H and O–H groups in total. The summed E-state index contributed by atoms with van der Waals surface area (Å²) in [5, 5.41) is 12.2. The average Bonchev–Trinajstić information content (AvgIpc) is 1.47. The molecule has 100 heavy (non-hydrogen) atoms. The Bertz CT molecular complexity index is 3560. The summed E-state index contributed by atoms with van der Waals surface area (Å²) in [7, 11) is -2.98. The Labute approximate surface area is 580 Å². The van der Waals surface area contributed by atoms with Crippen molar-refractivity contribution in [2.24, 2.45) is 11.8 Å². The Morgan fingerprint density at radius 1 is 0.520 bits per heavy atom. The quantitative estimate of drug-likeness (QED) is 0.00913. The first-order valence-corrected chi connectivity index (χ1v) is 35.2. The molecule has 0 spiro atoms. The van der Waals surface area contributed by atoms with Gasteiger partial charge in [-0.1, -0.05) is 66.2 Å². The number of nitrogens with one attached hydrogen (secondary N) is 4. The molecule has 6 aromatic rings. The Kier molecular flexibility index (Phi) is 28.6. The minimum Gasteiger partial charge on any atom is -0.494 e. The summed E-state index contributed by atoms with van der Waals surface area (Å²) in [5.74, 6) is -6.57. The molecule has 0 radical (unpaired) electrons. The van der Waals surface area contributed by atoms with Crippen molar-refractivity contribution in [2.45, 2.75) is 144 Å². The SMILES string of the molecule is CCCCC[C@@H](C(=O)NCNC(=O)c1ccc(-c2cc(OCC)cc(O[P+](=O)Oc3cc(OCC)cc(-c4ccc(C(=O)NCNC(=O)[C@H](CCCCC)[C@@H](CC)N(C=O)OC(=O)c5ccc(N6CCCC6)c(F)c5)o4)c3)c2)o1)[C@@H](CC)N(C=O)OC(=O)c1ccc(N2CCCC2)c(F)c1. The minimum atomic E-state index is -2.98. The van der Waals surface area contributed by atoms with E-state index in [1.807, 2.05) is 23.6 Å². The van der Waals surface area contributed by atoms with E-state index in [-0.39, 0.29) is 85.1 Å². The lowest BCUT2D eigenvalue weighted by Crippen LogP contribution is -2.49. The van der Waals surface area contributed by atoms with Gasteiger partial charge in [-0.2, -0.15) is 10.1 Å². The smallest absolute Gasteiger partial charge is 0.494 e. The highest BCUT2D eigenvalue weighted by atomic mass is 31.1. The monoisotopic (exact) mass is 1410 g/mol. The molecular weight excluding hydrogens is 1320 g/mol. The lowest BCUT2D eigenvalue weighted by molar-refractivity contribution is -0.171. The van der Waals surface area contributed by atoms with Crippen molar-refractivity contribution >= 4 is 68.0 Å². The molecular formula is C72H88F2N8O17P+. The number of nitrogens with zero attached hydrogens (tertiary/aromatic N) is 4. The molecule has 0 bridgehead atoms. The molecule has 2 aromatic heterocycles. The van der Waals surface area contributed by atoms with E-state index in [9.17, 15) is 42.9 Å². The fourth-order valence-corrected chi connectivity index (χ4v) is 12.7. The van der Waals surface area contributed by atoms with E-state index < -0.39 is 79.4 Å². The maximum absolute atomic E-state index is 15.2. The Morgan fingerprint density at radius 3 is 1.26 bits per heavy atom. The predicted molar refractivity (Wildman–Crippen MR) is 366 cm³/mol. The molecule has 4 aromatic carbocycles. The standard InChI is InChI=1S/C72H87F2N8O17P/c1-7-13-15-21-55(59(9-3)81(45-83)96-71(89)47-23-25-61(57(73)39-47)79-31-17-18-32-79)67(85)75-43-77-69(87)65-29-27-63(94-65)49-35-51(92-11-5)41-53(37-49)98-100(91)99-54-38-50(36-52(42-54)93-12-6)64-28-30-66(95-64)70(88)78-44-76-68(86)56(22-16-14-8-2)60(10-4)82(46-84)97-72(90)48-24-26-62(58(74)40-48)80-33-19-20-34-80/h23-30,35-42,45-46,55-56,59-60H,7-22,31-34,43-44H2,1-6H3,(H3-,75,76,77,78,85,86,87,88)/p+1/t55-,56-,59-,60-/m1/s1. The van der Waals surface area contributed by atoms with Gasteiger partial charge in [0.1, 0.15) is 34.7 Å². The number of anilines is 2. The summed E-state index contributed by atoms with van der Waals surface area (Å²) >= 11 is 0. The van der Waals surface area contributed by atoms with Gasteiger partial charge in [0.15, 0.2) is 23.0 Å². The van der Waals surface area contributed by atoms with Gasteiger partial charge in [-0.05, 0) is 150 Å². The fourth-order valence-electron chi connectivity index (χ4n) is 12.2. The van der Waals surface area contributed by atoms with Crippen molar-refractivity contribution in [3.63, 3.8) is 0 Å². The van der Waals surface area contributed by atoms with Crippen LogP contribution >= 0.6 is 8.25 Å². The van der Waals surface area contributed by atoms with E-state index in [0.29, 0.717) is 98.7 Å². The second-order valence-corrected chi connectivity index (χ2v) is 24.8. The molecule has 8 rings (SSSR count). The lowest BCUT2D eigenvalue weighted by Gasteiger charge is -2.31. The third-order valence-corrected chi connectivity index (χ3v) is 17.9. The van der Waals surface area contributed by atoms with E-state index in [4.69, 9.17) is 37.0 Å². The van der Waals surface area contributed by atoms with Crippen LogP contribution in [0.4, 0.5) is 20.2 Å². The highest BCUT2D eigenvalue weighted by molar-refractivity contribution is 7.34. The molecule has 0 unspecified atom stereocenters. The molecule has 6 amide bonds. The van der Waals surface area contributed by atoms with E-state index in [1.165, 1.54) is 72.8 Å². The van der Waals surface area contributed by atoms with Crippen LogP contribution in [-0.2, 0) is 33.4 Å². The molecule has 2 aliphatic rings. The van der Waals surface area contributed by atoms with Crippen molar-refractivity contribution in [3.05, 3.63) is 131 Å². The minimum absolute atomic E-state index is 0.0304. The molecule has 28 heteroatoms. The summed E-state index contributed by atoms with van der Waals surface area (Å²) in [4.78, 5) is 121. The number of carbonyl (C=O) groups excluding carboxylic acids is 8. The third kappa shape index (κ3) is 20.5. The Morgan fingerprint density at radius 2 is 0.910 bits per heavy atom. The molecule has 25 nitrogen and oxygen atoms in total.